The van der Waals surface area contributed by atoms with Crippen LogP contribution < -0.4 is 0 Å². The van der Waals surface area contributed by atoms with Gasteiger partial charge >= 0.3 is 0 Å². The first-order valence-electron chi connectivity index (χ1n) is 4.31. The predicted octanol–water partition coefficient (Wildman–Crippen LogP) is 1.04. The van der Waals surface area contributed by atoms with Crippen molar-refractivity contribution in [3.63, 3.8) is 0 Å². The summed E-state index contributed by atoms with van der Waals surface area (Å²) in [7, 11) is 0. The predicted molar refractivity (Wildman–Crippen MR) is 47.8 cm³/mol. The standard InChI is InChI=1S/C10H13NO/c12-8-10(11-6-7-11)9-4-2-1-3-5-9/h1-5,10,12H,6-8H2. The fourth-order valence-electron chi connectivity index (χ4n) is 1.48. The molecule has 1 aliphatic heterocycles. The maximum absolute atomic E-state index is 9.15. The zero-order valence-electron chi connectivity index (χ0n) is 6.98. The molecule has 0 amide bonds. The van der Waals surface area contributed by atoms with Crippen LogP contribution in [-0.2, 0) is 0 Å². The van der Waals surface area contributed by atoms with E-state index < -0.39 is 0 Å². The van der Waals surface area contributed by atoms with Gasteiger partial charge in [0.15, 0.2) is 0 Å². The summed E-state index contributed by atoms with van der Waals surface area (Å²) in [6, 6.07) is 10.4. The Kier molecular flexibility index (Phi) is 2.11. The minimum Gasteiger partial charge on any atom is -0.394 e. The largest absolute Gasteiger partial charge is 0.394 e. The second kappa shape index (κ2) is 3.25. The summed E-state index contributed by atoms with van der Waals surface area (Å²) in [4.78, 5) is 2.26. The Labute approximate surface area is 72.4 Å². The fourth-order valence-corrected chi connectivity index (χ4v) is 1.48. The Morgan fingerprint density at radius 3 is 2.42 bits per heavy atom. The number of hydrogen-bond donors (Lipinski definition) is 1. The highest BCUT2D eigenvalue weighted by atomic mass is 16.3. The van der Waals surface area contributed by atoms with E-state index in [1.807, 2.05) is 18.2 Å². The van der Waals surface area contributed by atoms with Crippen molar-refractivity contribution < 1.29 is 5.11 Å². The number of aliphatic hydroxyl groups is 1. The van der Waals surface area contributed by atoms with Crippen molar-refractivity contribution in [2.75, 3.05) is 19.7 Å². The molecular formula is C10H13NO. The van der Waals surface area contributed by atoms with Gasteiger partial charge in [0, 0.05) is 13.1 Å². The van der Waals surface area contributed by atoms with Crippen LogP contribution in [-0.4, -0.2) is 29.7 Å². The Hall–Kier alpha value is -0.860. The lowest BCUT2D eigenvalue weighted by Gasteiger charge is -2.14. The number of nitrogens with zero attached hydrogens (tertiary/aromatic N) is 1. The summed E-state index contributed by atoms with van der Waals surface area (Å²) < 4.78 is 0. The summed E-state index contributed by atoms with van der Waals surface area (Å²) in [6.07, 6.45) is 0. The van der Waals surface area contributed by atoms with Gasteiger partial charge in [-0.15, -0.1) is 0 Å². The molecule has 1 N–H and O–H groups in total. The molecule has 2 heteroatoms. The number of hydrogen-bond acceptors (Lipinski definition) is 2. The fraction of sp³-hybridized carbons (Fsp3) is 0.400. The lowest BCUT2D eigenvalue weighted by Crippen LogP contribution is -2.13. The van der Waals surface area contributed by atoms with Gasteiger partial charge in [-0.05, 0) is 5.56 Å². The average Bonchev–Trinajstić information content (AvgIpc) is 2.92. The molecule has 1 heterocycles. The van der Waals surface area contributed by atoms with Gasteiger partial charge < -0.3 is 5.11 Å². The summed E-state index contributed by atoms with van der Waals surface area (Å²) >= 11 is 0. The molecular weight excluding hydrogens is 150 g/mol. The maximum atomic E-state index is 9.15. The van der Waals surface area contributed by atoms with E-state index in [0.717, 1.165) is 13.1 Å². The second-order valence-electron chi connectivity index (χ2n) is 3.15. The molecule has 2 rings (SSSR count). The summed E-state index contributed by atoms with van der Waals surface area (Å²) in [5.74, 6) is 0. The molecule has 0 spiro atoms. The van der Waals surface area contributed by atoms with Crippen LogP contribution >= 0.6 is 0 Å². The van der Waals surface area contributed by atoms with E-state index in [-0.39, 0.29) is 12.6 Å². The maximum Gasteiger partial charge on any atom is 0.0628 e. The molecule has 1 saturated heterocycles. The molecule has 1 atom stereocenters. The Morgan fingerprint density at radius 1 is 1.25 bits per heavy atom. The molecule has 12 heavy (non-hydrogen) atoms. The van der Waals surface area contributed by atoms with Crippen molar-refractivity contribution in [2.24, 2.45) is 0 Å². The van der Waals surface area contributed by atoms with E-state index in [1.165, 1.54) is 5.56 Å². The molecule has 64 valence electrons. The SMILES string of the molecule is OCC(c1ccccc1)N1CC1. The highest BCUT2D eigenvalue weighted by Crippen LogP contribution is 2.25. The van der Waals surface area contributed by atoms with E-state index in [9.17, 15) is 0 Å². The molecule has 2 nitrogen and oxygen atoms in total. The highest BCUT2D eigenvalue weighted by molar-refractivity contribution is 5.20. The normalized spacial score (nSPS) is 19.1. The third-order valence-corrected chi connectivity index (χ3v) is 2.28. The van der Waals surface area contributed by atoms with Crippen molar-refractivity contribution >= 4 is 0 Å². The molecule has 1 aliphatic rings. The molecule has 0 bridgehead atoms. The molecule has 1 aromatic rings. The zero-order chi connectivity index (χ0) is 8.39. The van der Waals surface area contributed by atoms with Crippen LogP contribution in [0.5, 0.6) is 0 Å². The monoisotopic (exact) mass is 163 g/mol. The third-order valence-electron chi connectivity index (χ3n) is 2.28. The van der Waals surface area contributed by atoms with Crippen LogP contribution in [0.25, 0.3) is 0 Å². The molecule has 0 saturated carbocycles. The first-order valence-corrected chi connectivity index (χ1v) is 4.31. The van der Waals surface area contributed by atoms with E-state index >= 15 is 0 Å². The lowest BCUT2D eigenvalue weighted by molar-refractivity contribution is 0.209. The van der Waals surface area contributed by atoms with Gasteiger partial charge in [0.05, 0.1) is 12.6 Å². The average molecular weight is 163 g/mol. The van der Waals surface area contributed by atoms with Gasteiger partial charge in [0.2, 0.25) is 0 Å². The smallest absolute Gasteiger partial charge is 0.0628 e. The molecule has 1 unspecified atom stereocenters. The Balaban J connectivity index is 2.15. The highest BCUT2D eigenvalue weighted by Gasteiger charge is 2.27. The number of rotatable bonds is 3. The number of aliphatic hydroxyl groups excluding tert-OH is 1. The number of benzene rings is 1. The minimum atomic E-state index is 0.226. The van der Waals surface area contributed by atoms with Crippen molar-refractivity contribution in [1.29, 1.82) is 0 Å². The van der Waals surface area contributed by atoms with Crippen LogP contribution in [0, 0.1) is 0 Å². The minimum absolute atomic E-state index is 0.226. The van der Waals surface area contributed by atoms with E-state index in [2.05, 4.69) is 17.0 Å². The van der Waals surface area contributed by atoms with Gasteiger partial charge in [-0.3, -0.25) is 4.90 Å². The molecule has 0 aliphatic carbocycles. The quantitative estimate of drug-likeness (QED) is 0.673. The topological polar surface area (TPSA) is 23.2 Å². The Morgan fingerprint density at radius 2 is 1.92 bits per heavy atom. The molecule has 0 aromatic heterocycles. The summed E-state index contributed by atoms with van der Waals surface area (Å²) in [5, 5.41) is 9.15. The Bertz CT molecular complexity index is 243. The molecule has 1 aromatic carbocycles. The van der Waals surface area contributed by atoms with Gasteiger partial charge in [-0.25, -0.2) is 0 Å². The van der Waals surface area contributed by atoms with Crippen molar-refractivity contribution in [2.45, 2.75) is 6.04 Å². The van der Waals surface area contributed by atoms with Gasteiger partial charge in [-0.2, -0.15) is 0 Å². The van der Waals surface area contributed by atoms with Gasteiger partial charge in [0.25, 0.3) is 0 Å². The van der Waals surface area contributed by atoms with Crippen molar-refractivity contribution in [3.8, 4) is 0 Å². The van der Waals surface area contributed by atoms with E-state index in [0.29, 0.717) is 0 Å². The van der Waals surface area contributed by atoms with Crippen molar-refractivity contribution in [3.05, 3.63) is 35.9 Å². The summed E-state index contributed by atoms with van der Waals surface area (Å²) in [5.41, 5.74) is 1.22. The van der Waals surface area contributed by atoms with E-state index in [4.69, 9.17) is 5.11 Å². The second-order valence-corrected chi connectivity index (χ2v) is 3.15. The van der Waals surface area contributed by atoms with Gasteiger partial charge in [-0.1, -0.05) is 30.3 Å². The van der Waals surface area contributed by atoms with Gasteiger partial charge in [0.1, 0.15) is 0 Å². The van der Waals surface area contributed by atoms with Crippen LogP contribution in [0.15, 0.2) is 30.3 Å². The first-order chi connectivity index (χ1) is 5.92. The summed E-state index contributed by atoms with van der Waals surface area (Å²) in [6.45, 7) is 2.48. The van der Waals surface area contributed by atoms with Crippen LogP contribution in [0.3, 0.4) is 0 Å². The van der Waals surface area contributed by atoms with Crippen LogP contribution in [0.1, 0.15) is 11.6 Å². The molecule has 0 radical (unpaired) electrons. The lowest BCUT2D eigenvalue weighted by atomic mass is 10.1. The van der Waals surface area contributed by atoms with Crippen LogP contribution in [0.4, 0.5) is 0 Å². The third kappa shape index (κ3) is 1.49. The first kappa shape index (κ1) is 7.77. The van der Waals surface area contributed by atoms with E-state index in [1.54, 1.807) is 0 Å². The van der Waals surface area contributed by atoms with Crippen molar-refractivity contribution in [1.82, 2.24) is 4.90 Å². The molecule has 1 fully saturated rings. The van der Waals surface area contributed by atoms with Crippen LogP contribution in [0.2, 0.25) is 0 Å². The zero-order valence-corrected chi connectivity index (χ0v) is 6.98.